The molecule has 0 radical (unpaired) electrons. The molecule has 16 heavy (non-hydrogen) atoms. The number of imide groups is 1. The van der Waals surface area contributed by atoms with Gasteiger partial charge >= 0.3 is 0 Å². The van der Waals surface area contributed by atoms with E-state index in [0.717, 1.165) is 38.5 Å². The molecule has 0 bridgehead atoms. The van der Waals surface area contributed by atoms with Crippen LogP contribution in [0, 0.1) is 23.7 Å². The van der Waals surface area contributed by atoms with Gasteiger partial charge in [-0.2, -0.15) is 5.06 Å². The molecule has 3 aliphatic rings. The lowest BCUT2D eigenvalue weighted by atomic mass is 9.59. The van der Waals surface area contributed by atoms with Crippen LogP contribution in [-0.2, 0) is 9.59 Å². The second-order valence-electron chi connectivity index (χ2n) is 5.40. The number of amides is 2. The molecule has 1 N–H and O–H groups in total. The van der Waals surface area contributed by atoms with Crippen molar-refractivity contribution in [3.63, 3.8) is 0 Å². The average Bonchev–Trinajstić information content (AvgIpc) is 2.33. The minimum atomic E-state index is -0.349. The van der Waals surface area contributed by atoms with Gasteiger partial charge in [0.25, 0.3) is 11.8 Å². The van der Waals surface area contributed by atoms with Crippen LogP contribution < -0.4 is 0 Å². The first-order valence-corrected chi connectivity index (χ1v) is 6.27. The molecule has 2 aliphatic carbocycles. The highest BCUT2D eigenvalue weighted by Crippen LogP contribution is 2.49. The lowest BCUT2D eigenvalue weighted by Gasteiger charge is -2.48. The smallest absolute Gasteiger partial charge is 0.256 e. The summed E-state index contributed by atoms with van der Waals surface area (Å²) in [6, 6.07) is 0. The van der Waals surface area contributed by atoms with Crippen molar-refractivity contribution in [2.24, 2.45) is 23.7 Å². The van der Waals surface area contributed by atoms with Crippen molar-refractivity contribution >= 4 is 11.8 Å². The van der Waals surface area contributed by atoms with Crippen molar-refractivity contribution in [1.82, 2.24) is 5.06 Å². The van der Waals surface area contributed by atoms with Crippen molar-refractivity contribution in [2.45, 2.75) is 38.5 Å². The number of nitrogens with zero attached hydrogens (tertiary/aromatic N) is 1. The number of hydrogen-bond acceptors (Lipinski definition) is 3. The Morgan fingerprint density at radius 3 is 1.94 bits per heavy atom. The number of carbonyl (C=O) groups is 2. The molecule has 3 fully saturated rings. The number of rotatable bonds is 0. The highest BCUT2D eigenvalue weighted by Gasteiger charge is 2.53. The third-order valence-electron chi connectivity index (χ3n) is 4.71. The second kappa shape index (κ2) is 3.55. The number of piperidine rings is 1. The predicted molar refractivity (Wildman–Crippen MR) is 55.3 cm³/mol. The molecule has 0 spiro atoms. The SMILES string of the molecule is O=C1[C@H]2CCCC3CCC[C@@H](C(=O)N1O)C32. The maximum atomic E-state index is 11.9. The first-order valence-electron chi connectivity index (χ1n) is 6.27. The van der Waals surface area contributed by atoms with Crippen LogP contribution in [0.4, 0.5) is 0 Å². The van der Waals surface area contributed by atoms with E-state index in [0.29, 0.717) is 11.0 Å². The predicted octanol–water partition coefficient (Wildman–Crippen LogP) is 1.58. The highest BCUT2D eigenvalue weighted by atomic mass is 16.5. The van der Waals surface area contributed by atoms with Crippen LogP contribution >= 0.6 is 0 Å². The van der Waals surface area contributed by atoms with Crippen molar-refractivity contribution in [1.29, 1.82) is 0 Å². The Kier molecular flexibility index (Phi) is 2.28. The minimum Gasteiger partial charge on any atom is -0.278 e. The summed E-state index contributed by atoms with van der Waals surface area (Å²) in [7, 11) is 0. The molecule has 1 saturated heterocycles. The zero-order valence-electron chi connectivity index (χ0n) is 9.26. The van der Waals surface area contributed by atoms with Crippen LogP contribution in [0.15, 0.2) is 0 Å². The van der Waals surface area contributed by atoms with Gasteiger partial charge in [-0.1, -0.05) is 25.7 Å². The van der Waals surface area contributed by atoms with Gasteiger partial charge in [0.05, 0.1) is 0 Å². The largest absolute Gasteiger partial charge is 0.278 e. The highest BCUT2D eigenvalue weighted by molar-refractivity contribution is 5.99. The number of hydrogen-bond donors (Lipinski definition) is 1. The summed E-state index contributed by atoms with van der Waals surface area (Å²) < 4.78 is 0. The molecule has 0 aromatic rings. The first kappa shape index (κ1) is 10.3. The summed E-state index contributed by atoms with van der Waals surface area (Å²) in [5, 5.41) is 9.93. The van der Waals surface area contributed by atoms with Gasteiger partial charge in [0.15, 0.2) is 0 Å². The zero-order valence-corrected chi connectivity index (χ0v) is 9.26. The zero-order chi connectivity index (χ0) is 11.3. The molecule has 0 aromatic heterocycles. The van der Waals surface area contributed by atoms with Gasteiger partial charge < -0.3 is 0 Å². The standard InChI is InChI=1S/C12H17NO3/c14-11-8-5-1-3-7-4-2-6-9(10(7)8)12(15)13(11)16/h7-10,16H,1-6H2/t7?,8-,9+,10?. The van der Waals surface area contributed by atoms with E-state index < -0.39 is 0 Å². The monoisotopic (exact) mass is 223 g/mol. The first-order chi connectivity index (χ1) is 7.70. The fourth-order valence-electron chi connectivity index (χ4n) is 4.05. The molecule has 2 unspecified atom stereocenters. The van der Waals surface area contributed by atoms with Crippen LogP contribution in [0.25, 0.3) is 0 Å². The Morgan fingerprint density at radius 1 is 0.938 bits per heavy atom. The fourth-order valence-corrected chi connectivity index (χ4v) is 4.05. The lowest BCUT2D eigenvalue weighted by Crippen LogP contribution is -2.56. The Labute approximate surface area is 94.6 Å². The van der Waals surface area contributed by atoms with Crippen LogP contribution in [-0.4, -0.2) is 22.1 Å². The molecule has 2 saturated carbocycles. The van der Waals surface area contributed by atoms with E-state index in [-0.39, 0.29) is 29.6 Å². The van der Waals surface area contributed by atoms with Crippen LogP contribution in [0.3, 0.4) is 0 Å². The Balaban J connectivity index is 1.97. The molecular weight excluding hydrogens is 206 g/mol. The maximum absolute atomic E-state index is 11.9. The Bertz CT molecular complexity index is 311. The molecular formula is C12H17NO3. The van der Waals surface area contributed by atoms with Crippen LogP contribution in [0.1, 0.15) is 38.5 Å². The summed E-state index contributed by atoms with van der Waals surface area (Å²) in [5.41, 5.74) is 0. The molecule has 1 heterocycles. The summed E-state index contributed by atoms with van der Waals surface area (Å²) in [5.74, 6) is -0.112. The molecule has 0 aromatic carbocycles. The van der Waals surface area contributed by atoms with Gasteiger partial charge in [-0.3, -0.25) is 14.8 Å². The van der Waals surface area contributed by atoms with E-state index in [4.69, 9.17) is 0 Å². The molecule has 2 amide bonds. The third kappa shape index (κ3) is 1.25. The molecule has 88 valence electrons. The number of carbonyl (C=O) groups excluding carboxylic acids is 2. The molecule has 3 rings (SSSR count). The van der Waals surface area contributed by atoms with E-state index in [2.05, 4.69) is 0 Å². The maximum Gasteiger partial charge on any atom is 0.256 e. The minimum absolute atomic E-state index is 0.0910. The number of hydroxylamine groups is 2. The van der Waals surface area contributed by atoms with Gasteiger partial charge in [0.1, 0.15) is 0 Å². The van der Waals surface area contributed by atoms with Gasteiger partial charge in [0.2, 0.25) is 0 Å². The van der Waals surface area contributed by atoms with Gasteiger partial charge in [-0.15, -0.1) is 0 Å². The van der Waals surface area contributed by atoms with E-state index in [9.17, 15) is 14.8 Å². The van der Waals surface area contributed by atoms with E-state index in [1.54, 1.807) is 0 Å². The summed E-state index contributed by atoms with van der Waals surface area (Å²) >= 11 is 0. The van der Waals surface area contributed by atoms with Gasteiger partial charge in [-0.05, 0) is 24.7 Å². The van der Waals surface area contributed by atoms with E-state index in [1.807, 2.05) is 0 Å². The Hall–Kier alpha value is -0.900. The summed E-state index contributed by atoms with van der Waals surface area (Å²) in [6.07, 6.45) is 6.13. The van der Waals surface area contributed by atoms with Crippen molar-refractivity contribution < 1.29 is 14.8 Å². The van der Waals surface area contributed by atoms with E-state index in [1.165, 1.54) is 0 Å². The second-order valence-corrected chi connectivity index (χ2v) is 5.40. The third-order valence-corrected chi connectivity index (χ3v) is 4.71. The Morgan fingerprint density at radius 2 is 1.44 bits per heavy atom. The molecule has 1 aliphatic heterocycles. The van der Waals surface area contributed by atoms with Crippen molar-refractivity contribution in [2.75, 3.05) is 0 Å². The van der Waals surface area contributed by atoms with Crippen LogP contribution in [0.2, 0.25) is 0 Å². The normalized spacial score (nSPS) is 43.2. The quantitative estimate of drug-likeness (QED) is 0.501. The molecule has 4 heteroatoms. The fraction of sp³-hybridized carbons (Fsp3) is 0.833. The van der Waals surface area contributed by atoms with Gasteiger partial charge in [-0.25, -0.2) is 0 Å². The van der Waals surface area contributed by atoms with Gasteiger partial charge in [0, 0.05) is 11.8 Å². The summed E-state index contributed by atoms with van der Waals surface area (Å²) in [6.45, 7) is 0. The van der Waals surface area contributed by atoms with Crippen molar-refractivity contribution in [3.8, 4) is 0 Å². The molecule has 4 nitrogen and oxygen atoms in total. The molecule has 4 atom stereocenters. The van der Waals surface area contributed by atoms with Crippen LogP contribution in [0.5, 0.6) is 0 Å². The summed E-state index contributed by atoms with van der Waals surface area (Å²) in [4.78, 5) is 23.7. The van der Waals surface area contributed by atoms with Crippen molar-refractivity contribution in [3.05, 3.63) is 0 Å². The lowest BCUT2D eigenvalue weighted by molar-refractivity contribution is -0.202. The van der Waals surface area contributed by atoms with E-state index >= 15 is 0 Å². The average molecular weight is 223 g/mol. The topological polar surface area (TPSA) is 57.6 Å².